The second-order valence-corrected chi connectivity index (χ2v) is 6.54. The third kappa shape index (κ3) is 2.72. The predicted octanol–water partition coefficient (Wildman–Crippen LogP) is 2.38. The molecule has 4 rings (SSSR count). The average Bonchev–Trinajstić information content (AvgIpc) is 3.23. The van der Waals surface area contributed by atoms with Gasteiger partial charge in [0.1, 0.15) is 11.5 Å². The molecule has 0 bridgehead atoms. The van der Waals surface area contributed by atoms with E-state index in [0.29, 0.717) is 26.8 Å². The summed E-state index contributed by atoms with van der Waals surface area (Å²) in [6.45, 7) is 0. The summed E-state index contributed by atoms with van der Waals surface area (Å²) in [5, 5.41) is 8.31. The van der Waals surface area contributed by atoms with Crippen LogP contribution in [0.1, 0.15) is 5.56 Å². The smallest absolute Gasteiger partial charge is 0.276 e. The third-order valence-corrected chi connectivity index (χ3v) is 4.96. The Labute approximate surface area is 153 Å². The van der Waals surface area contributed by atoms with E-state index in [2.05, 4.69) is 10.2 Å². The van der Waals surface area contributed by atoms with Crippen LogP contribution < -0.4 is 19.6 Å². The standard InChI is InChI=1S/C19H15N3O3S/c1-24-14-8-9-15(25-2)13(10-14)11-16-18(23)22-17(20-21-19(22)26-16)12-6-4-3-5-7-12/h3-11H,1-2H3. The Balaban J connectivity index is 1.92. The molecule has 0 aliphatic rings. The van der Waals surface area contributed by atoms with Crippen molar-refractivity contribution in [1.82, 2.24) is 14.6 Å². The zero-order valence-corrected chi connectivity index (χ0v) is 15.0. The maximum Gasteiger partial charge on any atom is 0.276 e. The molecule has 0 amide bonds. The van der Waals surface area contributed by atoms with Crippen molar-refractivity contribution in [2.24, 2.45) is 0 Å². The van der Waals surface area contributed by atoms with Crippen molar-refractivity contribution in [3.63, 3.8) is 0 Å². The van der Waals surface area contributed by atoms with Gasteiger partial charge in [-0.3, -0.25) is 4.79 Å². The fourth-order valence-electron chi connectivity index (χ4n) is 2.73. The number of thiazole rings is 1. The molecule has 6 nitrogen and oxygen atoms in total. The minimum absolute atomic E-state index is 0.154. The highest BCUT2D eigenvalue weighted by atomic mass is 32.1. The lowest BCUT2D eigenvalue weighted by atomic mass is 10.2. The van der Waals surface area contributed by atoms with Crippen LogP contribution in [0.4, 0.5) is 0 Å². The summed E-state index contributed by atoms with van der Waals surface area (Å²) in [4.78, 5) is 13.5. The van der Waals surface area contributed by atoms with Crippen molar-refractivity contribution in [2.75, 3.05) is 14.2 Å². The van der Waals surface area contributed by atoms with E-state index in [1.807, 2.05) is 48.5 Å². The molecule has 130 valence electrons. The number of methoxy groups -OCH3 is 2. The van der Waals surface area contributed by atoms with Gasteiger partial charge in [0.25, 0.3) is 5.56 Å². The largest absolute Gasteiger partial charge is 0.497 e. The first-order chi connectivity index (χ1) is 12.7. The van der Waals surface area contributed by atoms with Crippen LogP contribution in [0.15, 0.2) is 53.3 Å². The fourth-order valence-corrected chi connectivity index (χ4v) is 3.63. The van der Waals surface area contributed by atoms with Crippen molar-refractivity contribution in [3.8, 4) is 22.9 Å². The Kier molecular flexibility index (Phi) is 4.14. The summed E-state index contributed by atoms with van der Waals surface area (Å²) in [6, 6.07) is 15.0. The molecule has 0 atom stereocenters. The van der Waals surface area contributed by atoms with Crippen molar-refractivity contribution in [1.29, 1.82) is 0 Å². The molecular formula is C19H15N3O3S. The SMILES string of the molecule is COc1ccc(OC)c(C=c2sc3nnc(-c4ccccc4)n3c2=O)c1. The van der Waals surface area contributed by atoms with Gasteiger partial charge in [0.15, 0.2) is 5.82 Å². The van der Waals surface area contributed by atoms with Crippen molar-refractivity contribution >= 4 is 22.4 Å². The molecule has 0 radical (unpaired) electrons. The summed E-state index contributed by atoms with van der Waals surface area (Å²) < 4.78 is 12.7. The van der Waals surface area contributed by atoms with E-state index in [1.54, 1.807) is 24.7 Å². The molecule has 0 unspecified atom stereocenters. The number of hydrogen-bond acceptors (Lipinski definition) is 6. The fraction of sp³-hybridized carbons (Fsp3) is 0.105. The second-order valence-electron chi connectivity index (χ2n) is 5.53. The minimum Gasteiger partial charge on any atom is -0.497 e. The molecule has 2 aromatic carbocycles. The second kappa shape index (κ2) is 6.61. The Morgan fingerprint density at radius 3 is 2.58 bits per heavy atom. The number of aromatic nitrogens is 3. The summed E-state index contributed by atoms with van der Waals surface area (Å²) in [5.74, 6) is 1.90. The van der Waals surface area contributed by atoms with Gasteiger partial charge in [-0.15, -0.1) is 10.2 Å². The van der Waals surface area contributed by atoms with Crippen LogP contribution in [0.2, 0.25) is 0 Å². The van der Waals surface area contributed by atoms with Gasteiger partial charge in [-0.05, 0) is 24.3 Å². The van der Waals surface area contributed by atoms with Gasteiger partial charge in [0.2, 0.25) is 4.96 Å². The number of fused-ring (bicyclic) bond motifs is 1. The van der Waals surface area contributed by atoms with Gasteiger partial charge in [-0.25, -0.2) is 4.40 Å². The van der Waals surface area contributed by atoms with E-state index in [9.17, 15) is 4.79 Å². The van der Waals surface area contributed by atoms with Crippen molar-refractivity contribution < 1.29 is 9.47 Å². The summed E-state index contributed by atoms with van der Waals surface area (Å²) in [5.41, 5.74) is 1.46. The number of benzene rings is 2. The van der Waals surface area contributed by atoms with Crippen molar-refractivity contribution in [3.05, 3.63) is 69.0 Å². The first kappa shape index (κ1) is 16.3. The van der Waals surface area contributed by atoms with Crippen LogP contribution in [-0.2, 0) is 0 Å². The van der Waals surface area contributed by atoms with E-state index >= 15 is 0 Å². The lowest BCUT2D eigenvalue weighted by Gasteiger charge is -2.06. The van der Waals surface area contributed by atoms with E-state index in [4.69, 9.17) is 9.47 Å². The Bertz CT molecular complexity index is 1180. The van der Waals surface area contributed by atoms with Gasteiger partial charge in [-0.1, -0.05) is 41.7 Å². The van der Waals surface area contributed by atoms with Gasteiger partial charge in [0.05, 0.1) is 18.8 Å². The lowest BCUT2D eigenvalue weighted by molar-refractivity contribution is 0.402. The lowest BCUT2D eigenvalue weighted by Crippen LogP contribution is -2.23. The highest BCUT2D eigenvalue weighted by molar-refractivity contribution is 7.15. The first-order valence-electron chi connectivity index (χ1n) is 7.88. The molecule has 26 heavy (non-hydrogen) atoms. The molecule has 0 aliphatic carbocycles. The van der Waals surface area contributed by atoms with Crippen LogP contribution in [0.25, 0.3) is 22.4 Å². The first-order valence-corrected chi connectivity index (χ1v) is 8.70. The molecule has 0 saturated heterocycles. The highest BCUT2D eigenvalue weighted by Crippen LogP contribution is 2.24. The van der Waals surface area contributed by atoms with E-state index in [-0.39, 0.29) is 5.56 Å². The van der Waals surface area contributed by atoms with Crippen molar-refractivity contribution in [2.45, 2.75) is 0 Å². The number of hydrogen-bond donors (Lipinski definition) is 0. The summed E-state index contributed by atoms with van der Waals surface area (Å²) >= 11 is 1.29. The number of nitrogens with zero attached hydrogens (tertiary/aromatic N) is 3. The third-order valence-electron chi connectivity index (χ3n) is 4.00. The van der Waals surface area contributed by atoms with Gasteiger partial charge in [0, 0.05) is 11.1 Å². The molecule has 0 saturated carbocycles. The Morgan fingerprint density at radius 2 is 1.85 bits per heavy atom. The van der Waals surface area contributed by atoms with Crippen LogP contribution in [0.3, 0.4) is 0 Å². The molecule has 7 heteroatoms. The summed E-state index contributed by atoms with van der Waals surface area (Å²) in [6.07, 6.45) is 1.79. The molecule has 4 aromatic rings. The number of ether oxygens (including phenoxy) is 2. The van der Waals surface area contributed by atoms with Crippen LogP contribution in [-0.4, -0.2) is 28.8 Å². The Hall–Kier alpha value is -3.19. The van der Waals surface area contributed by atoms with Crippen LogP contribution >= 0.6 is 11.3 Å². The molecule has 0 spiro atoms. The van der Waals surface area contributed by atoms with E-state index < -0.39 is 0 Å². The quantitative estimate of drug-likeness (QED) is 0.556. The predicted molar refractivity (Wildman–Crippen MR) is 101 cm³/mol. The molecule has 0 N–H and O–H groups in total. The molecule has 2 heterocycles. The topological polar surface area (TPSA) is 65.7 Å². The minimum atomic E-state index is -0.154. The van der Waals surface area contributed by atoms with Crippen LogP contribution in [0.5, 0.6) is 11.5 Å². The monoisotopic (exact) mass is 365 g/mol. The maximum atomic E-state index is 12.9. The Morgan fingerprint density at radius 1 is 1.04 bits per heavy atom. The van der Waals surface area contributed by atoms with E-state index in [1.165, 1.54) is 11.3 Å². The van der Waals surface area contributed by atoms with E-state index in [0.717, 1.165) is 11.1 Å². The maximum absolute atomic E-state index is 12.9. The molecule has 0 aliphatic heterocycles. The molecule has 2 aromatic heterocycles. The molecular weight excluding hydrogens is 350 g/mol. The molecule has 0 fully saturated rings. The van der Waals surface area contributed by atoms with Crippen LogP contribution in [0, 0.1) is 0 Å². The summed E-state index contributed by atoms with van der Waals surface area (Å²) in [7, 11) is 3.19. The zero-order chi connectivity index (χ0) is 18.1. The normalized spacial score (nSPS) is 11.8. The van der Waals surface area contributed by atoms with Gasteiger partial charge >= 0.3 is 0 Å². The van der Waals surface area contributed by atoms with Gasteiger partial charge in [-0.2, -0.15) is 0 Å². The zero-order valence-electron chi connectivity index (χ0n) is 14.2. The number of rotatable bonds is 4. The van der Waals surface area contributed by atoms with Gasteiger partial charge < -0.3 is 9.47 Å². The average molecular weight is 365 g/mol. The highest BCUT2D eigenvalue weighted by Gasteiger charge is 2.14.